The molecule has 1 amide bonds. The van der Waals surface area contributed by atoms with Gasteiger partial charge in [-0.1, -0.05) is 24.3 Å². The van der Waals surface area contributed by atoms with E-state index in [1.807, 2.05) is 41.2 Å². The van der Waals surface area contributed by atoms with Crippen LogP contribution in [0.5, 0.6) is 0 Å². The summed E-state index contributed by atoms with van der Waals surface area (Å²) in [7, 11) is -3.36. The molecule has 118 valence electrons. The Balaban J connectivity index is 1.90. The van der Waals surface area contributed by atoms with E-state index in [0.717, 1.165) is 17.4 Å². The Hall–Kier alpha value is -2.15. The largest absolute Gasteiger partial charge is 0.351 e. The van der Waals surface area contributed by atoms with Gasteiger partial charge in [-0.05, 0) is 24.1 Å². The van der Waals surface area contributed by atoms with E-state index < -0.39 is 21.0 Å². The van der Waals surface area contributed by atoms with Crippen molar-refractivity contribution in [3.05, 3.63) is 53.9 Å². The van der Waals surface area contributed by atoms with Gasteiger partial charge in [-0.2, -0.15) is 5.10 Å². The zero-order valence-electron chi connectivity index (χ0n) is 12.6. The SMILES string of the molecule is CC(C(=O)NCc1ccc(Cn2cccn2)cc1)S(C)(=O)=O. The van der Waals surface area contributed by atoms with E-state index in [4.69, 9.17) is 0 Å². The number of hydrogen-bond acceptors (Lipinski definition) is 4. The Kier molecular flexibility index (Phi) is 4.97. The molecule has 0 saturated heterocycles. The molecule has 1 atom stereocenters. The molecule has 1 aromatic heterocycles. The van der Waals surface area contributed by atoms with E-state index in [9.17, 15) is 13.2 Å². The third kappa shape index (κ3) is 4.42. The molecule has 1 unspecified atom stereocenters. The number of hydrogen-bond donors (Lipinski definition) is 1. The van der Waals surface area contributed by atoms with E-state index in [1.165, 1.54) is 6.92 Å². The zero-order valence-corrected chi connectivity index (χ0v) is 13.4. The monoisotopic (exact) mass is 321 g/mol. The molecular weight excluding hydrogens is 302 g/mol. The predicted octanol–water partition coefficient (Wildman–Crippen LogP) is 0.981. The summed E-state index contributed by atoms with van der Waals surface area (Å²) in [6.07, 6.45) is 4.68. The van der Waals surface area contributed by atoms with Gasteiger partial charge in [0, 0.05) is 25.2 Å². The van der Waals surface area contributed by atoms with Gasteiger partial charge in [-0.3, -0.25) is 9.48 Å². The third-order valence-electron chi connectivity index (χ3n) is 3.40. The molecule has 0 aliphatic carbocycles. The molecule has 0 bridgehead atoms. The Morgan fingerprint density at radius 2 is 1.91 bits per heavy atom. The molecule has 7 heteroatoms. The quantitative estimate of drug-likeness (QED) is 0.860. The molecule has 2 aromatic rings. The Morgan fingerprint density at radius 3 is 2.45 bits per heavy atom. The molecule has 0 radical (unpaired) electrons. The Morgan fingerprint density at radius 1 is 1.27 bits per heavy atom. The van der Waals surface area contributed by atoms with Crippen molar-refractivity contribution in [3.8, 4) is 0 Å². The summed E-state index contributed by atoms with van der Waals surface area (Å²) in [5, 5.41) is 5.74. The number of nitrogens with zero attached hydrogens (tertiary/aromatic N) is 2. The molecule has 0 saturated carbocycles. The molecule has 1 heterocycles. The fourth-order valence-electron chi connectivity index (χ4n) is 1.87. The van der Waals surface area contributed by atoms with Crippen molar-refractivity contribution >= 4 is 15.7 Å². The minimum atomic E-state index is -3.36. The van der Waals surface area contributed by atoms with Crippen LogP contribution in [0.1, 0.15) is 18.1 Å². The number of rotatable bonds is 6. The number of amides is 1. The minimum Gasteiger partial charge on any atom is -0.351 e. The van der Waals surface area contributed by atoms with Crippen molar-refractivity contribution in [1.29, 1.82) is 0 Å². The van der Waals surface area contributed by atoms with E-state index in [1.54, 1.807) is 6.20 Å². The van der Waals surface area contributed by atoms with Gasteiger partial charge in [0.2, 0.25) is 5.91 Å². The minimum absolute atomic E-state index is 0.306. The maximum Gasteiger partial charge on any atom is 0.238 e. The van der Waals surface area contributed by atoms with Crippen LogP contribution in [0, 0.1) is 0 Å². The summed E-state index contributed by atoms with van der Waals surface area (Å²) in [6, 6.07) is 9.60. The molecule has 1 N–H and O–H groups in total. The number of benzene rings is 1. The highest BCUT2D eigenvalue weighted by molar-refractivity contribution is 7.92. The van der Waals surface area contributed by atoms with Crippen LogP contribution in [0.3, 0.4) is 0 Å². The molecule has 1 aromatic carbocycles. The molecule has 6 nitrogen and oxygen atoms in total. The number of sulfone groups is 1. The molecule has 22 heavy (non-hydrogen) atoms. The molecule has 0 aliphatic rings. The van der Waals surface area contributed by atoms with Gasteiger partial charge >= 0.3 is 0 Å². The van der Waals surface area contributed by atoms with Crippen molar-refractivity contribution in [1.82, 2.24) is 15.1 Å². The van der Waals surface area contributed by atoms with Gasteiger partial charge in [0.25, 0.3) is 0 Å². The molecule has 0 spiro atoms. The lowest BCUT2D eigenvalue weighted by molar-refractivity contribution is -0.120. The normalized spacial score (nSPS) is 12.8. The van der Waals surface area contributed by atoms with E-state index in [-0.39, 0.29) is 0 Å². The Labute approximate surface area is 130 Å². The first-order valence-electron chi connectivity index (χ1n) is 6.88. The van der Waals surface area contributed by atoms with Crippen LogP contribution < -0.4 is 5.32 Å². The number of aromatic nitrogens is 2. The summed E-state index contributed by atoms with van der Waals surface area (Å²) in [4.78, 5) is 11.7. The van der Waals surface area contributed by atoms with Crippen LogP contribution in [0.15, 0.2) is 42.7 Å². The van der Waals surface area contributed by atoms with Gasteiger partial charge < -0.3 is 5.32 Å². The summed E-state index contributed by atoms with van der Waals surface area (Å²) < 4.78 is 24.4. The number of carbonyl (C=O) groups is 1. The highest BCUT2D eigenvalue weighted by Crippen LogP contribution is 2.06. The summed E-state index contributed by atoms with van der Waals surface area (Å²) in [6.45, 7) is 2.38. The number of carbonyl (C=O) groups excluding carboxylic acids is 1. The summed E-state index contributed by atoms with van der Waals surface area (Å²) >= 11 is 0. The Bertz CT molecular complexity index is 722. The third-order valence-corrected chi connectivity index (χ3v) is 4.90. The molecular formula is C15H19N3O3S. The lowest BCUT2D eigenvalue weighted by Crippen LogP contribution is -2.36. The van der Waals surface area contributed by atoms with Crippen molar-refractivity contribution in [2.75, 3.05) is 6.26 Å². The van der Waals surface area contributed by atoms with Gasteiger partial charge in [0.05, 0.1) is 6.54 Å². The molecule has 0 aliphatic heterocycles. The highest BCUT2D eigenvalue weighted by atomic mass is 32.2. The summed E-state index contributed by atoms with van der Waals surface area (Å²) in [5.41, 5.74) is 2.02. The molecule has 0 fully saturated rings. The second-order valence-corrected chi connectivity index (χ2v) is 7.58. The fraction of sp³-hybridized carbons (Fsp3) is 0.333. The van der Waals surface area contributed by atoms with Gasteiger partial charge in [-0.25, -0.2) is 8.42 Å². The van der Waals surface area contributed by atoms with Gasteiger partial charge in [-0.15, -0.1) is 0 Å². The van der Waals surface area contributed by atoms with E-state index >= 15 is 0 Å². The number of nitrogens with one attached hydrogen (secondary N) is 1. The van der Waals surface area contributed by atoms with E-state index in [2.05, 4.69) is 10.4 Å². The highest BCUT2D eigenvalue weighted by Gasteiger charge is 2.22. The lowest BCUT2D eigenvalue weighted by atomic mass is 10.1. The first-order valence-corrected chi connectivity index (χ1v) is 8.83. The van der Waals surface area contributed by atoms with Crippen LogP contribution in [0.2, 0.25) is 0 Å². The average Bonchev–Trinajstić information content (AvgIpc) is 2.97. The average molecular weight is 321 g/mol. The van der Waals surface area contributed by atoms with E-state index in [0.29, 0.717) is 13.1 Å². The summed E-state index contributed by atoms with van der Waals surface area (Å²) in [5.74, 6) is -0.483. The maximum absolute atomic E-state index is 11.7. The second kappa shape index (κ2) is 6.74. The van der Waals surface area contributed by atoms with Crippen molar-refractivity contribution in [2.24, 2.45) is 0 Å². The molecule has 2 rings (SSSR count). The lowest BCUT2D eigenvalue weighted by Gasteiger charge is -2.11. The predicted molar refractivity (Wildman–Crippen MR) is 83.9 cm³/mol. The smallest absolute Gasteiger partial charge is 0.238 e. The topological polar surface area (TPSA) is 81.1 Å². The van der Waals surface area contributed by atoms with Crippen molar-refractivity contribution in [3.63, 3.8) is 0 Å². The van der Waals surface area contributed by atoms with Crippen LogP contribution >= 0.6 is 0 Å². The first-order chi connectivity index (χ1) is 10.4. The van der Waals surface area contributed by atoms with Crippen molar-refractivity contribution in [2.45, 2.75) is 25.3 Å². The fourth-order valence-corrected chi connectivity index (χ4v) is 2.34. The van der Waals surface area contributed by atoms with Crippen LogP contribution in [0.25, 0.3) is 0 Å². The van der Waals surface area contributed by atoms with Crippen molar-refractivity contribution < 1.29 is 13.2 Å². The van der Waals surface area contributed by atoms with Crippen LogP contribution in [-0.2, 0) is 27.7 Å². The standard InChI is InChI=1S/C15H19N3O3S/c1-12(22(2,20)21)15(19)16-10-13-4-6-14(7-5-13)11-18-9-3-8-17-18/h3-9,12H,10-11H2,1-2H3,(H,16,19). The first kappa shape index (κ1) is 16.2. The van der Waals surface area contributed by atoms with Gasteiger partial charge in [0.15, 0.2) is 9.84 Å². The van der Waals surface area contributed by atoms with Crippen LogP contribution in [0.4, 0.5) is 0 Å². The second-order valence-electron chi connectivity index (χ2n) is 5.21. The van der Waals surface area contributed by atoms with Crippen LogP contribution in [-0.4, -0.2) is 35.6 Å². The zero-order chi connectivity index (χ0) is 16.2. The van der Waals surface area contributed by atoms with Gasteiger partial charge in [0.1, 0.15) is 5.25 Å². The maximum atomic E-state index is 11.7.